The van der Waals surface area contributed by atoms with Crippen molar-refractivity contribution in [2.45, 2.75) is 32.6 Å². The number of esters is 1. The summed E-state index contributed by atoms with van der Waals surface area (Å²) in [6.45, 7) is 3.16. The summed E-state index contributed by atoms with van der Waals surface area (Å²) in [6, 6.07) is 0. The van der Waals surface area contributed by atoms with Crippen LogP contribution in [0.25, 0.3) is 0 Å². The maximum atomic E-state index is 12.0. The van der Waals surface area contributed by atoms with Gasteiger partial charge in [-0.25, -0.2) is 0 Å². The number of ketones is 1. The number of nitrogens with zero attached hydrogens (tertiary/aromatic N) is 1. The zero-order chi connectivity index (χ0) is 14.7. The number of carbonyl (C=O) groups excluding carboxylic acids is 2. The Morgan fingerprint density at radius 1 is 1.10 bits per heavy atom. The third kappa shape index (κ3) is 2.64. The molecule has 20 heavy (non-hydrogen) atoms. The van der Waals surface area contributed by atoms with Gasteiger partial charge in [-0.1, -0.05) is 0 Å². The fourth-order valence-electron chi connectivity index (χ4n) is 2.49. The van der Waals surface area contributed by atoms with Gasteiger partial charge >= 0.3 is 5.97 Å². The van der Waals surface area contributed by atoms with Crippen molar-refractivity contribution in [3.8, 4) is 0 Å². The average Bonchev–Trinajstić information content (AvgIpc) is 2.44. The fraction of sp³-hybridized carbons (Fsp3) is 0.571. The molecule has 2 rings (SSSR count). The number of ether oxygens (including phenoxy) is 1. The molecular weight excluding hydrogens is 262 g/mol. The molecule has 0 aliphatic carbocycles. The standard InChI is InChI=1S/C14H17NO5/c1-2-20-10(17)8-9(16)11-12(14(19)13(11)18)15-6-4-3-5-7-15/h2-8H2,1H3. The second kappa shape index (κ2) is 5.98. The van der Waals surface area contributed by atoms with Gasteiger partial charge in [-0.3, -0.25) is 19.2 Å². The minimum atomic E-state index is -0.778. The van der Waals surface area contributed by atoms with Crippen molar-refractivity contribution in [2.24, 2.45) is 0 Å². The molecule has 0 N–H and O–H groups in total. The number of Topliss-reactive ketones (excluding diaryl/α,β-unsaturated/α-hetero) is 1. The molecule has 6 nitrogen and oxygen atoms in total. The molecule has 1 saturated heterocycles. The van der Waals surface area contributed by atoms with Crippen LogP contribution in [0.1, 0.15) is 43.0 Å². The predicted molar refractivity (Wildman–Crippen MR) is 73.0 cm³/mol. The highest BCUT2D eigenvalue weighted by molar-refractivity contribution is 6.10. The van der Waals surface area contributed by atoms with E-state index < -0.39 is 29.0 Å². The smallest absolute Gasteiger partial charge is 0.313 e. The topological polar surface area (TPSA) is 80.8 Å². The van der Waals surface area contributed by atoms with Crippen LogP contribution in [0.4, 0.5) is 5.69 Å². The second-order valence-electron chi connectivity index (χ2n) is 4.83. The Morgan fingerprint density at radius 3 is 2.35 bits per heavy atom. The number of rotatable bonds is 5. The SMILES string of the molecule is CCOC(=O)CC(=O)c1c(N2CCCCC2)c(=O)c1=O. The van der Waals surface area contributed by atoms with Crippen molar-refractivity contribution < 1.29 is 14.3 Å². The van der Waals surface area contributed by atoms with Crippen molar-refractivity contribution in [3.63, 3.8) is 0 Å². The zero-order valence-electron chi connectivity index (χ0n) is 11.4. The summed E-state index contributed by atoms with van der Waals surface area (Å²) in [7, 11) is 0. The van der Waals surface area contributed by atoms with Gasteiger partial charge in [-0.05, 0) is 26.2 Å². The maximum absolute atomic E-state index is 12.0. The van der Waals surface area contributed by atoms with Crippen LogP contribution in [-0.2, 0) is 9.53 Å². The molecule has 0 saturated carbocycles. The Hall–Kier alpha value is -1.98. The molecule has 0 spiro atoms. The predicted octanol–water partition coefficient (Wildman–Crippen LogP) is 0.409. The molecule has 1 aliphatic rings. The zero-order valence-corrected chi connectivity index (χ0v) is 11.4. The lowest BCUT2D eigenvalue weighted by Gasteiger charge is -2.30. The van der Waals surface area contributed by atoms with Gasteiger partial charge < -0.3 is 9.64 Å². The van der Waals surface area contributed by atoms with E-state index in [0.29, 0.717) is 13.1 Å². The van der Waals surface area contributed by atoms with Crippen LogP contribution in [0.2, 0.25) is 0 Å². The van der Waals surface area contributed by atoms with E-state index in [1.54, 1.807) is 11.8 Å². The molecule has 6 heteroatoms. The van der Waals surface area contributed by atoms with Crippen LogP contribution in [0.15, 0.2) is 9.59 Å². The number of carbonyl (C=O) groups is 2. The molecule has 1 aromatic carbocycles. The lowest BCUT2D eigenvalue weighted by atomic mass is 9.98. The number of piperidine rings is 1. The van der Waals surface area contributed by atoms with Gasteiger partial charge in [0.15, 0.2) is 5.78 Å². The maximum Gasteiger partial charge on any atom is 0.313 e. The monoisotopic (exact) mass is 279 g/mol. The van der Waals surface area contributed by atoms with E-state index in [-0.39, 0.29) is 17.9 Å². The summed E-state index contributed by atoms with van der Waals surface area (Å²) >= 11 is 0. The summed E-state index contributed by atoms with van der Waals surface area (Å²) in [4.78, 5) is 48.3. The molecule has 0 radical (unpaired) electrons. The number of hydrogen-bond donors (Lipinski definition) is 0. The van der Waals surface area contributed by atoms with E-state index in [1.807, 2.05) is 0 Å². The fourth-order valence-corrected chi connectivity index (χ4v) is 2.49. The minimum Gasteiger partial charge on any atom is -0.466 e. The van der Waals surface area contributed by atoms with Crippen molar-refractivity contribution in [1.82, 2.24) is 0 Å². The largest absolute Gasteiger partial charge is 0.466 e. The summed E-state index contributed by atoms with van der Waals surface area (Å²) in [5.41, 5.74) is -1.31. The summed E-state index contributed by atoms with van der Waals surface area (Å²) in [5.74, 6) is -1.29. The third-order valence-electron chi connectivity index (χ3n) is 3.45. The Morgan fingerprint density at radius 2 is 1.75 bits per heavy atom. The summed E-state index contributed by atoms with van der Waals surface area (Å²) in [6.07, 6.45) is 2.46. The molecular formula is C14H17NO5. The van der Waals surface area contributed by atoms with E-state index in [9.17, 15) is 19.2 Å². The summed E-state index contributed by atoms with van der Waals surface area (Å²) < 4.78 is 4.68. The Bertz CT molecular complexity index is 591. The van der Waals surface area contributed by atoms with Crippen LogP contribution in [-0.4, -0.2) is 31.4 Å². The number of anilines is 1. The van der Waals surface area contributed by atoms with E-state index in [1.165, 1.54) is 0 Å². The van der Waals surface area contributed by atoms with Gasteiger partial charge in [0.1, 0.15) is 12.1 Å². The highest BCUT2D eigenvalue weighted by atomic mass is 16.5. The molecule has 1 fully saturated rings. The van der Waals surface area contributed by atoms with Gasteiger partial charge in [-0.2, -0.15) is 0 Å². The molecule has 0 amide bonds. The van der Waals surface area contributed by atoms with Crippen molar-refractivity contribution >= 4 is 17.4 Å². The minimum absolute atomic E-state index is 0.120. The average molecular weight is 279 g/mol. The Kier molecular flexibility index (Phi) is 4.32. The van der Waals surface area contributed by atoms with Gasteiger partial charge in [0.25, 0.3) is 5.43 Å². The van der Waals surface area contributed by atoms with Gasteiger partial charge in [0, 0.05) is 13.1 Å². The van der Waals surface area contributed by atoms with Crippen molar-refractivity contribution in [2.75, 3.05) is 24.6 Å². The molecule has 1 aliphatic heterocycles. The van der Waals surface area contributed by atoms with Crippen molar-refractivity contribution in [3.05, 3.63) is 26.0 Å². The van der Waals surface area contributed by atoms with Crippen LogP contribution in [0, 0.1) is 0 Å². The lowest BCUT2D eigenvalue weighted by Crippen LogP contribution is -2.47. The third-order valence-corrected chi connectivity index (χ3v) is 3.45. The molecule has 108 valence electrons. The highest BCUT2D eigenvalue weighted by Crippen LogP contribution is 2.21. The highest BCUT2D eigenvalue weighted by Gasteiger charge is 2.31. The first-order chi connectivity index (χ1) is 9.56. The normalized spacial score (nSPS) is 15.3. The van der Waals surface area contributed by atoms with E-state index >= 15 is 0 Å². The van der Waals surface area contributed by atoms with Gasteiger partial charge in [0.05, 0.1) is 12.2 Å². The van der Waals surface area contributed by atoms with Gasteiger partial charge in [0.2, 0.25) is 5.43 Å². The van der Waals surface area contributed by atoms with Crippen LogP contribution < -0.4 is 15.8 Å². The van der Waals surface area contributed by atoms with E-state index in [2.05, 4.69) is 4.74 Å². The quantitative estimate of drug-likeness (QED) is 0.336. The van der Waals surface area contributed by atoms with E-state index in [4.69, 9.17) is 0 Å². The molecule has 0 bridgehead atoms. The van der Waals surface area contributed by atoms with Crippen LogP contribution in [0.3, 0.4) is 0 Å². The van der Waals surface area contributed by atoms with Gasteiger partial charge in [-0.15, -0.1) is 0 Å². The summed E-state index contributed by atoms with van der Waals surface area (Å²) in [5, 5.41) is 0. The molecule has 1 heterocycles. The Labute approximate surface area is 116 Å². The molecule has 0 atom stereocenters. The first kappa shape index (κ1) is 14.4. The van der Waals surface area contributed by atoms with Crippen molar-refractivity contribution in [1.29, 1.82) is 0 Å². The molecule has 0 unspecified atom stereocenters. The van der Waals surface area contributed by atoms with E-state index in [0.717, 1.165) is 19.3 Å². The lowest BCUT2D eigenvalue weighted by molar-refractivity contribution is -0.141. The first-order valence-corrected chi connectivity index (χ1v) is 6.83. The van der Waals surface area contributed by atoms with Crippen LogP contribution >= 0.6 is 0 Å². The molecule has 1 aromatic rings. The number of hydrogen-bond acceptors (Lipinski definition) is 6. The second-order valence-corrected chi connectivity index (χ2v) is 4.83. The Balaban J connectivity index is 2.18. The molecule has 0 aromatic heterocycles. The first-order valence-electron chi connectivity index (χ1n) is 6.83. The van der Waals surface area contributed by atoms with Crippen LogP contribution in [0.5, 0.6) is 0 Å².